The van der Waals surface area contributed by atoms with E-state index in [2.05, 4.69) is 20.4 Å². The average Bonchev–Trinajstić information content (AvgIpc) is 2.91. The van der Waals surface area contributed by atoms with E-state index in [-0.39, 0.29) is 29.8 Å². The van der Waals surface area contributed by atoms with Gasteiger partial charge in [-0.05, 0) is 41.5 Å². The number of aryl methyl sites for hydroxylation is 2. The minimum atomic E-state index is -0.202. The standard InChI is InChI=1S/C18H31N5O2/c1-11(2)19-17(24)15(6)22-7-9-23(10-8-22)18(25)12(3)16-13(4)20-21-14(16)5/h11-12,15H,7-10H2,1-6H3,(H,19,24)(H,20,21)/t12-,15+/m0/s1. The van der Waals surface area contributed by atoms with Crippen molar-refractivity contribution in [1.82, 2.24) is 25.3 Å². The molecule has 0 spiro atoms. The van der Waals surface area contributed by atoms with Crippen LogP contribution in [0.2, 0.25) is 0 Å². The van der Waals surface area contributed by atoms with E-state index in [1.807, 2.05) is 46.4 Å². The molecular weight excluding hydrogens is 318 g/mol. The molecule has 0 aliphatic carbocycles. The Bertz CT molecular complexity index is 597. The summed E-state index contributed by atoms with van der Waals surface area (Å²) < 4.78 is 0. The van der Waals surface area contributed by atoms with E-state index in [1.54, 1.807) is 0 Å². The third-order valence-electron chi connectivity index (χ3n) is 4.97. The van der Waals surface area contributed by atoms with Crippen LogP contribution >= 0.6 is 0 Å². The zero-order valence-electron chi connectivity index (χ0n) is 16.2. The maximum Gasteiger partial charge on any atom is 0.237 e. The fourth-order valence-corrected chi connectivity index (χ4v) is 3.50. The first-order valence-corrected chi connectivity index (χ1v) is 9.07. The first-order valence-electron chi connectivity index (χ1n) is 9.07. The molecule has 2 N–H and O–H groups in total. The van der Waals surface area contributed by atoms with E-state index >= 15 is 0 Å². The Kier molecular flexibility index (Phi) is 6.21. The molecule has 1 aliphatic heterocycles. The number of hydrogen-bond donors (Lipinski definition) is 2. The lowest BCUT2D eigenvalue weighted by Gasteiger charge is -2.38. The van der Waals surface area contributed by atoms with Crippen LogP contribution in [0.25, 0.3) is 0 Å². The van der Waals surface area contributed by atoms with Crippen molar-refractivity contribution in [2.45, 2.75) is 59.5 Å². The van der Waals surface area contributed by atoms with Gasteiger partial charge in [0.05, 0.1) is 17.7 Å². The smallest absolute Gasteiger partial charge is 0.237 e. The van der Waals surface area contributed by atoms with Gasteiger partial charge in [-0.25, -0.2) is 0 Å². The zero-order valence-corrected chi connectivity index (χ0v) is 16.2. The van der Waals surface area contributed by atoms with E-state index < -0.39 is 0 Å². The molecule has 0 radical (unpaired) electrons. The van der Waals surface area contributed by atoms with E-state index in [0.717, 1.165) is 17.0 Å². The number of H-pyrrole nitrogens is 1. The molecular formula is C18H31N5O2. The van der Waals surface area contributed by atoms with Crippen molar-refractivity contribution in [1.29, 1.82) is 0 Å². The van der Waals surface area contributed by atoms with Crippen LogP contribution in [0.1, 0.15) is 50.6 Å². The van der Waals surface area contributed by atoms with E-state index in [9.17, 15) is 9.59 Å². The van der Waals surface area contributed by atoms with Crippen LogP contribution in [-0.2, 0) is 9.59 Å². The van der Waals surface area contributed by atoms with E-state index in [4.69, 9.17) is 0 Å². The first kappa shape index (κ1) is 19.4. The monoisotopic (exact) mass is 349 g/mol. The second-order valence-electron chi connectivity index (χ2n) is 7.27. The predicted octanol–water partition coefficient (Wildman–Crippen LogP) is 1.19. The summed E-state index contributed by atoms with van der Waals surface area (Å²) in [6.45, 7) is 14.4. The van der Waals surface area contributed by atoms with E-state index in [0.29, 0.717) is 26.2 Å². The van der Waals surface area contributed by atoms with Gasteiger partial charge < -0.3 is 10.2 Å². The predicted molar refractivity (Wildman–Crippen MR) is 97.4 cm³/mol. The van der Waals surface area contributed by atoms with Gasteiger partial charge in [0.25, 0.3) is 0 Å². The lowest BCUT2D eigenvalue weighted by Crippen LogP contribution is -2.56. The first-order chi connectivity index (χ1) is 11.7. The normalized spacial score (nSPS) is 18.3. The summed E-state index contributed by atoms with van der Waals surface area (Å²) in [6.07, 6.45) is 0. The Labute approximate surface area is 150 Å². The summed E-state index contributed by atoms with van der Waals surface area (Å²) in [5.41, 5.74) is 2.84. The third-order valence-corrected chi connectivity index (χ3v) is 4.97. The summed E-state index contributed by atoms with van der Waals surface area (Å²) in [5, 5.41) is 10.1. The van der Waals surface area contributed by atoms with Crippen molar-refractivity contribution >= 4 is 11.8 Å². The van der Waals surface area contributed by atoms with Gasteiger partial charge in [0, 0.05) is 43.5 Å². The Hall–Kier alpha value is -1.89. The molecule has 140 valence electrons. The molecule has 1 aliphatic rings. The molecule has 0 bridgehead atoms. The molecule has 25 heavy (non-hydrogen) atoms. The summed E-state index contributed by atoms with van der Waals surface area (Å²) in [7, 11) is 0. The Morgan fingerprint density at radius 2 is 1.68 bits per heavy atom. The summed E-state index contributed by atoms with van der Waals surface area (Å²) in [4.78, 5) is 29.0. The number of nitrogens with one attached hydrogen (secondary N) is 2. The van der Waals surface area contributed by atoms with Gasteiger partial charge in [0.1, 0.15) is 0 Å². The number of aromatic amines is 1. The van der Waals surface area contributed by atoms with Crippen molar-refractivity contribution in [2.75, 3.05) is 26.2 Å². The van der Waals surface area contributed by atoms with Gasteiger partial charge in [-0.2, -0.15) is 5.10 Å². The topological polar surface area (TPSA) is 81.3 Å². The van der Waals surface area contributed by atoms with Gasteiger partial charge in [-0.1, -0.05) is 0 Å². The SMILES string of the molecule is Cc1n[nH]c(C)c1[C@H](C)C(=O)N1CCN([C@H](C)C(=O)NC(C)C)CC1. The van der Waals surface area contributed by atoms with Crippen molar-refractivity contribution in [3.63, 3.8) is 0 Å². The van der Waals surface area contributed by atoms with Gasteiger partial charge in [0.15, 0.2) is 0 Å². The zero-order chi connectivity index (χ0) is 18.7. The average molecular weight is 349 g/mol. The van der Waals surface area contributed by atoms with Crippen LogP contribution in [0, 0.1) is 13.8 Å². The summed E-state index contributed by atoms with van der Waals surface area (Å²) >= 11 is 0. The maximum atomic E-state index is 12.8. The van der Waals surface area contributed by atoms with Crippen LogP contribution in [0.5, 0.6) is 0 Å². The van der Waals surface area contributed by atoms with Crippen LogP contribution < -0.4 is 5.32 Å². The molecule has 7 heteroatoms. The van der Waals surface area contributed by atoms with Gasteiger partial charge in [-0.15, -0.1) is 0 Å². The maximum absolute atomic E-state index is 12.8. The minimum Gasteiger partial charge on any atom is -0.353 e. The number of piperazine rings is 1. The molecule has 0 unspecified atom stereocenters. The number of hydrogen-bond acceptors (Lipinski definition) is 4. The molecule has 2 amide bonds. The number of nitrogens with zero attached hydrogens (tertiary/aromatic N) is 3. The fourth-order valence-electron chi connectivity index (χ4n) is 3.50. The largest absolute Gasteiger partial charge is 0.353 e. The molecule has 0 saturated carbocycles. The van der Waals surface area contributed by atoms with Crippen molar-refractivity contribution < 1.29 is 9.59 Å². The number of carbonyl (C=O) groups excluding carboxylic acids is 2. The second-order valence-corrected chi connectivity index (χ2v) is 7.27. The molecule has 2 rings (SSSR count). The van der Waals surface area contributed by atoms with E-state index in [1.165, 1.54) is 0 Å². The van der Waals surface area contributed by atoms with Crippen LogP contribution in [0.15, 0.2) is 0 Å². The second kappa shape index (κ2) is 7.99. The Morgan fingerprint density at radius 3 is 2.16 bits per heavy atom. The van der Waals surface area contributed by atoms with Gasteiger partial charge in [0.2, 0.25) is 11.8 Å². The molecule has 1 saturated heterocycles. The Morgan fingerprint density at radius 1 is 1.08 bits per heavy atom. The van der Waals surface area contributed by atoms with Crippen LogP contribution in [-0.4, -0.2) is 70.1 Å². The van der Waals surface area contributed by atoms with Crippen molar-refractivity contribution in [3.05, 3.63) is 17.0 Å². The highest BCUT2D eigenvalue weighted by Gasteiger charge is 2.31. The fraction of sp³-hybridized carbons (Fsp3) is 0.722. The van der Waals surface area contributed by atoms with Crippen molar-refractivity contribution in [2.24, 2.45) is 0 Å². The Balaban J connectivity index is 1.93. The molecule has 1 aromatic rings. The quantitative estimate of drug-likeness (QED) is 0.837. The molecule has 1 aromatic heterocycles. The highest BCUT2D eigenvalue weighted by molar-refractivity contribution is 5.84. The van der Waals surface area contributed by atoms with Gasteiger partial charge >= 0.3 is 0 Å². The minimum absolute atomic E-state index is 0.0489. The van der Waals surface area contributed by atoms with Crippen molar-refractivity contribution in [3.8, 4) is 0 Å². The molecule has 7 nitrogen and oxygen atoms in total. The van der Waals surface area contributed by atoms with Gasteiger partial charge in [-0.3, -0.25) is 19.6 Å². The highest BCUT2D eigenvalue weighted by Crippen LogP contribution is 2.24. The number of rotatable bonds is 5. The molecule has 2 atom stereocenters. The number of amides is 2. The highest BCUT2D eigenvalue weighted by atomic mass is 16.2. The lowest BCUT2D eigenvalue weighted by atomic mass is 9.97. The summed E-state index contributed by atoms with van der Waals surface area (Å²) in [6, 6.07) is -0.0319. The number of carbonyl (C=O) groups is 2. The molecule has 1 fully saturated rings. The molecule has 2 heterocycles. The third kappa shape index (κ3) is 4.39. The summed E-state index contributed by atoms with van der Waals surface area (Å²) in [5.74, 6) is -0.0220. The lowest BCUT2D eigenvalue weighted by molar-refractivity contribution is -0.135. The van der Waals surface area contributed by atoms with Crippen LogP contribution in [0.3, 0.4) is 0 Å². The molecule has 0 aromatic carbocycles. The number of aromatic nitrogens is 2. The van der Waals surface area contributed by atoms with Crippen LogP contribution in [0.4, 0.5) is 0 Å².